The van der Waals surface area contributed by atoms with Gasteiger partial charge in [0.05, 0.1) is 18.8 Å². The van der Waals surface area contributed by atoms with E-state index in [1.54, 1.807) is 6.26 Å². The van der Waals surface area contributed by atoms with Gasteiger partial charge in [0.25, 0.3) is 5.91 Å². The number of aryl methyl sites for hydroxylation is 1. The molecule has 0 aliphatic carbocycles. The van der Waals surface area contributed by atoms with Crippen molar-refractivity contribution >= 4 is 16.8 Å². The first-order chi connectivity index (χ1) is 12.0. The summed E-state index contributed by atoms with van der Waals surface area (Å²) in [6, 6.07) is 12.1. The van der Waals surface area contributed by atoms with Gasteiger partial charge in [0.1, 0.15) is 5.76 Å². The predicted octanol–water partition coefficient (Wildman–Crippen LogP) is 4.50. The van der Waals surface area contributed by atoms with Crippen LogP contribution in [0.15, 0.2) is 58.2 Å². The smallest absolute Gasteiger partial charge is 0.250 e. The number of carbonyl (C=O) groups is 1. The number of hydrogen-bond acceptors (Lipinski definition) is 2. The predicted molar refractivity (Wildman–Crippen MR) is 98.0 cm³/mol. The van der Waals surface area contributed by atoms with E-state index in [4.69, 9.17) is 4.42 Å². The highest BCUT2D eigenvalue weighted by Crippen LogP contribution is 2.43. The van der Waals surface area contributed by atoms with Crippen LogP contribution >= 0.6 is 0 Å². The minimum Gasteiger partial charge on any atom is -0.467 e. The summed E-state index contributed by atoms with van der Waals surface area (Å²) in [4.78, 5) is 14.8. The summed E-state index contributed by atoms with van der Waals surface area (Å²) < 4.78 is 7.71. The number of amides is 1. The molecule has 1 aliphatic rings. The Balaban J connectivity index is 1.90. The van der Waals surface area contributed by atoms with Gasteiger partial charge in [-0.3, -0.25) is 4.79 Å². The minimum atomic E-state index is -0.0521. The number of aromatic nitrogens is 1. The van der Waals surface area contributed by atoms with Crippen LogP contribution in [0.3, 0.4) is 0 Å². The van der Waals surface area contributed by atoms with E-state index in [1.165, 1.54) is 22.2 Å². The zero-order valence-electron chi connectivity index (χ0n) is 15.0. The fourth-order valence-corrected chi connectivity index (χ4v) is 3.94. The maximum atomic E-state index is 12.9. The van der Waals surface area contributed by atoms with Crippen LogP contribution in [0.1, 0.15) is 36.9 Å². The van der Waals surface area contributed by atoms with Crippen molar-refractivity contribution in [2.24, 2.45) is 7.05 Å². The lowest BCUT2D eigenvalue weighted by atomic mass is 9.96. The Morgan fingerprint density at radius 3 is 2.56 bits per heavy atom. The number of para-hydroxylation sites is 1. The molecule has 0 spiro atoms. The molecule has 3 heterocycles. The summed E-state index contributed by atoms with van der Waals surface area (Å²) in [6.45, 7) is 6.61. The Labute approximate surface area is 147 Å². The summed E-state index contributed by atoms with van der Waals surface area (Å²) in [6.07, 6.45) is 1.65. The van der Waals surface area contributed by atoms with Crippen LogP contribution in [-0.2, 0) is 18.4 Å². The normalized spacial score (nSPS) is 18.0. The molecule has 0 saturated carbocycles. The Morgan fingerprint density at radius 1 is 1.08 bits per heavy atom. The zero-order chi connectivity index (χ0) is 17.7. The van der Waals surface area contributed by atoms with Gasteiger partial charge in [0.15, 0.2) is 0 Å². The molecular weight excluding hydrogens is 312 g/mol. The fourth-order valence-electron chi connectivity index (χ4n) is 3.94. The first-order valence-electron chi connectivity index (χ1n) is 8.55. The van der Waals surface area contributed by atoms with Crippen LogP contribution in [0.2, 0.25) is 0 Å². The lowest BCUT2D eigenvalue weighted by Gasteiger charge is -2.26. The van der Waals surface area contributed by atoms with Crippen LogP contribution in [0, 0.1) is 6.92 Å². The number of fused-ring (bicyclic) bond motifs is 1. The molecule has 0 saturated heterocycles. The van der Waals surface area contributed by atoms with E-state index in [-0.39, 0.29) is 11.9 Å². The molecule has 25 heavy (non-hydrogen) atoms. The molecule has 0 bridgehead atoms. The molecule has 1 atom stereocenters. The van der Waals surface area contributed by atoms with E-state index >= 15 is 0 Å². The van der Waals surface area contributed by atoms with Crippen LogP contribution in [0.25, 0.3) is 10.9 Å². The fraction of sp³-hybridized carbons (Fsp3) is 0.286. The van der Waals surface area contributed by atoms with Gasteiger partial charge < -0.3 is 13.9 Å². The van der Waals surface area contributed by atoms with E-state index in [1.807, 2.05) is 24.0 Å². The maximum Gasteiger partial charge on any atom is 0.250 e. The molecule has 4 rings (SSSR count). The molecule has 0 unspecified atom stereocenters. The van der Waals surface area contributed by atoms with Crippen molar-refractivity contribution < 1.29 is 9.21 Å². The van der Waals surface area contributed by atoms with Gasteiger partial charge in [-0.2, -0.15) is 0 Å². The second-order valence-electron chi connectivity index (χ2n) is 6.80. The topological polar surface area (TPSA) is 38.4 Å². The highest BCUT2D eigenvalue weighted by atomic mass is 16.3. The van der Waals surface area contributed by atoms with Crippen molar-refractivity contribution in [3.63, 3.8) is 0 Å². The van der Waals surface area contributed by atoms with Crippen LogP contribution in [0.5, 0.6) is 0 Å². The molecule has 128 valence electrons. The molecule has 1 amide bonds. The van der Waals surface area contributed by atoms with Crippen LogP contribution < -0.4 is 0 Å². The highest BCUT2D eigenvalue weighted by Gasteiger charge is 2.38. The third-order valence-corrected chi connectivity index (χ3v) is 5.52. The number of rotatable bonds is 3. The average molecular weight is 334 g/mol. The van der Waals surface area contributed by atoms with Crippen molar-refractivity contribution in [1.82, 2.24) is 9.47 Å². The number of carbonyl (C=O) groups excluding carboxylic acids is 1. The van der Waals surface area contributed by atoms with Gasteiger partial charge >= 0.3 is 0 Å². The molecule has 2 aromatic heterocycles. The van der Waals surface area contributed by atoms with Gasteiger partial charge in [-0.15, -0.1) is 0 Å². The molecule has 0 fully saturated rings. The van der Waals surface area contributed by atoms with Crippen molar-refractivity contribution in [2.75, 3.05) is 0 Å². The van der Waals surface area contributed by atoms with Crippen molar-refractivity contribution in [2.45, 2.75) is 33.4 Å². The SMILES string of the molecule is CC1=C(C)[C@H](c2c(C)n(C)c3ccccc23)N(Cc2ccco2)C1=O. The first kappa shape index (κ1) is 15.8. The molecule has 0 N–H and O–H groups in total. The highest BCUT2D eigenvalue weighted by molar-refractivity contribution is 5.98. The third-order valence-electron chi connectivity index (χ3n) is 5.52. The number of furan rings is 1. The van der Waals surface area contributed by atoms with E-state index in [2.05, 4.69) is 49.7 Å². The average Bonchev–Trinajstić information content (AvgIpc) is 3.27. The maximum absolute atomic E-state index is 12.9. The second kappa shape index (κ2) is 5.66. The molecule has 0 radical (unpaired) electrons. The van der Waals surface area contributed by atoms with E-state index in [9.17, 15) is 4.79 Å². The van der Waals surface area contributed by atoms with E-state index in [0.29, 0.717) is 6.54 Å². The Bertz CT molecular complexity index is 993. The van der Waals surface area contributed by atoms with Gasteiger partial charge in [0, 0.05) is 34.8 Å². The largest absolute Gasteiger partial charge is 0.467 e. The van der Waals surface area contributed by atoms with E-state index in [0.717, 1.165) is 16.9 Å². The molecular formula is C21H22N2O2. The Morgan fingerprint density at radius 2 is 1.84 bits per heavy atom. The van der Waals surface area contributed by atoms with E-state index < -0.39 is 0 Å². The first-order valence-corrected chi connectivity index (χ1v) is 8.55. The van der Waals surface area contributed by atoms with Crippen LogP contribution in [-0.4, -0.2) is 15.4 Å². The minimum absolute atomic E-state index is 0.0521. The quantitative estimate of drug-likeness (QED) is 0.707. The summed E-state index contributed by atoms with van der Waals surface area (Å²) in [5.74, 6) is 0.893. The number of nitrogens with zero attached hydrogens (tertiary/aromatic N) is 2. The molecule has 1 aromatic carbocycles. The Hall–Kier alpha value is -2.75. The lowest BCUT2D eigenvalue weighted by molar-refractivity contribution is -0.128. The summed E-state index contributed by atoms with van der Waals surface area (Å²) in [5, 5.41) is 1.21. The summed E-state index contributed by atoms with van der Waals surface area (Å²) >= 11 is 0. The number of hydrogen-bond donors (Lipinski definition) is 0. The molecule has 3 aromatic rings. The molecule has 4 heteroatoms. The lowest BCUT2D eigenvalue weighted by Crippen LogP contribution is -2.29. The van der Waals surface area contributed by atoms with Gasteiger partial charge in [0.2, 0.25) is 0 Å². The molecule has 1 aliphatic heterocycles. The van der Waals surface area contributed by atoms with Gasteiger partial charge in [-0.1, -0.05) is 18.2 Å². The standard InChI is InChI=1S/C21H22N2O2/c1-13-14(2)21(24)23(12-16-8-7-11-25-16)20(13)19-15(3)22(4)18-10-6-5-9-17(18)19/h5-11,20H,12H2,1-4H3/t20-/m1/s1. The Kier molecular flexibility index (Phi) is 3.57. The van der Waals surface area contributed by atoms with Crippen molar-refractivity contribution in [1.29, 1.82) is 0 Å². The summed E-state index contributed by atoms with van der Waals surface area (Å²) in [7, 11) is 2.08. The second-order valence-corrected chi connectivity index (χ2v) is 6.80. The van der Waals surface area contributed by atoms with Crippen LogP contribution in [0.4, 0.5) is 0 Å². The third kappa shape index (κ3) is 2.24. The van der Waals surface area contributed by atoms with Gasteiger partial charge in [-0.05, 0) is 44.5 Å². The van der Waals surface area contributed by atoms with Crippen molar-refractivity contribution in [3.8, 4) is 0 Å². The summed E-state index contributed by atoms with van der Waals surface area (Å²) in [5.41, 5.74) is 5.56. The monoisotopic (exact) mass is 334 g/mol. The zero-order valence-corrected chi connectivity index (χ0v) is 15.0. The molecule has 4 nitrogen and oxygen atoms in total. The number of benzene rings is 1. The van der Waals surface area contributed by atoms with Gasteiger partial charge in [-0.25, -0.2) is 0 Å². The van der Waals surface area contributed by atoms with Crippen molar-refractivity contribution in [3.05, 3.63) is 70.8 Å².